The molecule has 2 aliphatic heterocycles. The number of piperidine rings is 1. The highest BCUT2D eigenvalue weighted by molar-refractivity contribution is 7.89. The number of rotatable bonds is 6. The van der Waals surface area contributed by atoms with Crippen LogP contribution < -0.4 is 4.90 Å². The van der Waals surface area contributed by atoms with Gasteiger partial charge in [0.05, 0.1) is 36.3 Å². The van der Waals surface area contributed by atoms with Crippen LogP contribution in [0.4, 0.5) is 5.82 Å². The maximum atomic E-state index is 13.2. The number of hydrogen-bond acceptors (Lipinski definition) is 8. The zero-order valence-electron chi connectivity index (χ0n) is 19.1. The molecule has 33 heavy (non-hydrogen) atoms. The summed E-state index contributed by atoms with van der Waals surface area (Å²) >= 11 is 0. The number of carbonyl (C=O) groups excluding carboxylic acids is 1. The minimum Gasteiger partial charge on any atom is -0.466 e. The molecule has 0 radical (unpaired) electrons. The number of benzene rings is 1. The molecule has 0 amide bonds. The molecule has 1 atom stereocenters. The second-order valence-corrected chi connectivity index (χ2v) is 10.2. The van der Waals surface area contributed by atoms with E-state index in [4.69, 9.17) is 9.47 Å². The van der Waals surface area contributed by atoms with Gasteiger partial charge in [0.15, 0.2) is 5.82 Å². The number of ether oxygens (including phenoxy) is 2. The standard InChI is InChI=1S/C23H30N4O5S/c1-3-32-23(28)19-5-4-10-26(16-19)22-9-8-20(24-25-22)18-7-6-17(2)21(15-18)33(29,30)27-11-13-31-14-12-27/h6-9,15,19H,3-5,10-14,16H2,1-2H3/t19-/m1/s1. The smallest absolute Gasteiger partial charge is 0.310 e. The van der Waals surface area contributed by atoms with Gasteiger partial charge in [-0.05, 0) is 50.5 Å². The predicted molar refractivity (Wildman–Crippen MR) is 123 cm³/mol. The van der Waals surface area contributed by atoms with Gasteiger partial charge in [0.1, 0.15) is 0 Å². The van der Waals surface area contributed by atoms with Crippen LogP contribution in [-0.2, 0) is 24.3 Å². The monoisotopic (exact) mass is 474 g/mol. The molecule has 9 nitrogen and oxygen atoms in total. The predicted octanol–water partition coefficient (Wildman–Crippen LogP) is 2.25. The summed E-state index contributed by atoms with van der Waals surface area (Å²) in [4.78, 5) is 14.5. The quantitative estimate of drug-likeness (QED) is 0.588. The summed E-state index contributed by atoms with van der Waals surface area (Å²) in [5, 5.41) is 8.73. The summed E-state index contributed by atoms with van der Waals surface area (Å²) in [6.45, 7) is 6.84. The highest BCUT2D eigenvalue weighted by Crippen LogP contribution is 2.28. The fraction of sp³-hybridized carbons (Fsp3) is 0.522. The molecule has 10 heteroatoms. The topological polar surface area (TPSA) is 102 Å². The first-order valence-corrected chi connectivity index (χ1v) is 12.8. The highest BCUT2D eigenvalue weighted by Gasteiger charge is 2.29. The Morgan fingerprint density at radius 2 is 1.94 bits per heavy atom. The molecule has 2 aliphatic rings. The van der Waals surface area contributed by atoms with E-state index in [1.165, 1.54) is 4.31 Å². The van der Waals surface area contributed by atoms with Crippen molar-refractivity contribution < 1.29 is 22.7 Å². The third-order valence-corrected chi connectivity index (χ3v) is 8.13. The van der Waals surface area contributed by atoms with E-state index in [2.05, 4.69) is 10.2 Å². The fourth-order valence-electron chi connectivity index (χ4n) is 4.25. The molecule has 0 aliphatic carbocycles. The first-order chi connectivity index (χ1) is 15.9. The average Bonchev–Trinajstić information content (AvgIpc) is 2.85. The van der Waals surface area contributed by atoms with Gasteiger partial charge in [-0.1, -0.05) is 12.1 Å². The van der Waals surface area contributed by atoms with Crippen molar-refractivity contribution >= 4 is 21.8 Å². The molecule has 0 spiro atoms. The lowest BCUT2D eigenvalue weighted by molar-refractivity contribution is -0.148. The van der Waals surface area contributed by atoms with Gasteiger partial charge in [0, 0.05) is 31.7 Å². The van der Waals surface area contributed by atoms with E-state index in [9.17, 15) is 13.2 Å². The van der Waals surface area contributed by atoms with Crippen LogP contribution in [0.2, 0.25) is 0 Å². The van der Waals surface area contributed by atoms with Crippen LogP contribution in [0.25, 0.3) is 11.3 Å². The number of anilines is 1. The molecular formula is C23H30N4O5S. The van der Waals surface area contributed by atoms with Gasteiger partial charge >= 0.3 is 5.97 Å². The summed E-state index contributed by atoms with van der Waals surface area (Å²) in [5.41, 5.74) is 1.97. The van der Waals surface area contributed by atoms with E-state index in [1.54, 1.807) is 19.1 Å². The third-order valence-electron chi connectivity index (χ3n) is 6.09. The van der Waals surface area contributed by atoms with Gasteiger partial charge in [-0.15, -0.1) is 10.2 Å². The van der Waals surface area contributed by atoms with Crippen molar-refractivity contribution in [1.82, 2.24) is 14.5 Å². The summed E-state index contributed by atoms with van der Waals surface area (Å²) in [7, 11) is -3.61. The van der Waals surface area contributed by atoms with Crippen LogP contribution in [-0.4, -0.2) is 74.9 Å². The Morgan fingerprint density at radius 1 is 1.15 bits per heavy atom. The van der Waals surface area contributed by atoms with Gasteiger partial charge in [-0.25, -0.2) is 8.42 Å². The minimum atomic E-state index is -3.61. The molecular weight excluding hydrogens is 444 g/mol. The molecule has 1 aromatic carbocycles. The molecule has 2 fully saturated rings. The molecule has 0 N–H and O–H groups in total. The number of hydrogen-bond donors (Lipinski definition) is 0. The summed E-state index contributed by atoms with van der Waals surface area (Å²) < 4.78 is 38.3. The number of carbonyl (C=O) groups is 1. The van der Waals surface area contributed by atoms with Crippen LogP contribution >= 0.6 is 0 Å². The van der Waals surface area contributed by atoms with Crippen molar-refractivity contribution in [3.63, 3.8) is 0 Å². The Kier molecular flexibility index (Phi) is 7.26. The molecule has 0 unspecified atom stereocenters. The van der Waals surface area contributed by atoms with Gasteiger partial charge in [-0.3, -0.25) is 4.79 Å². The molecule has 4 rings (SSSR count). The van der Waals surface area contributed by atoms with E-state index < -0.39 is 10.0 Å². The lowest BCUT2D eigenvalue weighted by Crippen LogP contribution is -2.40. The SMILES string of the molecule is CCOC(=O)[C@@H]1CCCN(c2ccc(-c3ccc(C)c(S(=O)(=O)N4CCOCC4)c3)nn2)C1. The molecule has 1 aromatic heterocycles. The van der Waals surface area contributed by atoms with Crippen molar-refractivity contribution in [2.45, 2.75) is 31.6 Å². The summed E-state index contributed by atoms with van der Waals surface area (Å²) in [5.74, 6) is 0.367. The molecule has 0 saturated carbocycles. The van der Waals surface area contributed by atoms with Crippen molar-refractivity contribution in [3.05, 3.63) is 35.9 Å². The zero-order chi connectivity index (χ0) is 23.4. The van der Waals surface area contributed by atoms with Gasteiger partial charge in [-0.2, -0.15) is 4.31 Å². The fourth-order valence-corrected chi connectivity index (χ4v) is 5.91. The van der Waals surface area contributed by atoms with Crippen LogP contribution in [0.1, 0.15) is 25.3 Å². The maximum absolute atomic E-state index is 13.2. The van der Waals surface area contributed by atoms with E-state index in [1.807, 2.05) is 30.0 Å². The average molecular weight is 475 g/mol. The number of morpholine rings is 1. The zero-order valence-corrected chi connectivity index (χ0v) is 19.9. The Balaban J connectivity index is 1.53. The van der Waals surface area contributed by atoms with E-state index in [-0.39, 0.29) is 16.8 Å². The number of aryl methyl sites for hydroxylation is 1. The first kappa shape index (κ1) is 23.6. The Morgan fingerprint density at radius 3 is 2.64 bits per heavy atom. The molecule has 0 bridgehead atoms. The van der Waals surface area contributed by atoms with Crippen molar-refractivity contribution in [1.29, 1.82) is 0 Å². The van der Waals surface area contributed by atoms with Gasteiger partial charge < -0.3 is 14.4 Å². The van der Waals surface area contributed by atoms with E-state index >= 15 is 0 Å². The maximum Gasteiger partial charge on any atom is 0.310 e. The molecule has 3 heterocycles. The van der Waals surface area contributed by atoms with Crippen molar-refractivity contribution in [3.8, 4) is 11.3 Å². The largest absolute Gasteiger partial charge is 0.466 e. The first-order valence-electron chi connectivity index (χ1n) is 11.3. The number of nitrogens with zero attached hydrogens (tertiary/aromatic N) is 4. The van der Waals surface area contributed by atoms with Gasteiger partial charge in [0.2, 0.25) is 10.0 Å². The number of sulfonamides is 1. The van der Waals surface area contributed by atoms with Crippen LogP contribution in [0, 0.1) is 12.8 Å². The second kappa shape index (κ2) is 10.1. The van der Waals surface area contributed by atoms with Crippen LogP contribution in [0.3, 0.4) is 0 Å². The minimum absolute atomic E-state index is 0.162. The number of esters is 1. The molecule has 2 saturated heterocycles. The second-order valence-electron chi connectivity index (χ2n) is 8.31. The highest BCUT2D eigenvalue weighted by atomic mass is 32.2. The Hall–Kier alpha value is -2.56. The number of aromatic nitrogens is 2. The van der Waals surface area contributed by atoms with Crippen LogP contribution in [0.15, 0.2) is 35.2 Å². The summed E-state index contributed by atoms with van der Waals surface area (Å²) in [6.07, 6.45) is 1.69. The molecule has 178 valence electrons. The normalized spacial score (nSPS) is 19.9. The lowest BCUT2D eigenvalue weighted by atomic mass is 9.98. The molecule has 2 aromatic rings. The van der Waals surface area contributed by atoms with E-state index in [0.717, 1.165) is 19.4 Å². The summed E-state index contributed by atoms with van der Waals surface area (Å²) in [6, 6.07) is 9.03. The third kappa shape index (κ3) is 5.18. The van der Waals surface area contributed by atoms with Crippen LogP contribution in [0.5, 0.6) is 0 Å². The lowest BCUT2D eigenvalue weighted by Gasteiger charge is -2.32. The van der Waals surface area contributed by atoms with Crippen molar-refractivity contribution in [2.75, 3.05) is 50.9 Å². The Bertz CT molecular complexity index is 1080. The van der Waals surface area contributed by atoms with Crippen molar-refractivity contribution in [2.24, 2.45) is 5.92 Å². The Labute approximate surface area is 194 Å². The van der Waals surface area contributed by atoms with E-state index in [0.29, 0.717) is 62.1 Å². The van der Waals surface area contributed by atoms with Gasteiger partial charge in [0.25, 0.3) is 0 Å².